The van der Waals surface area contributed by atoms with Crippen molar-refractivity contribution in [2.24, 2.45) is 11.3 Å². The maximum Gasteiger partial charge on any atom is 0.297 e. The second kappa shape index (κ2) is 19.9. The number of nitro benzene ring substituents is 1. The summed E-state index contributed by atoms with van der Waals surface area (Å²) in [6, 6.07) is 18.1. The molecule has 0 radical (unpaired) electrons. The summed E-state index contributed by atoms with van der Waals surface area (Å²) in [5.74, 6) is -1.06. The highest BCUT2D eigenvalue weighted by atomic mass is 32.2. The van der Waals surface area contributed by atoms with Crippen LogP contribution in [0.3, 0.4) is 0 Å². The van der Waals surface area contributed by atoms with Gasteiger partial charge in [-0.2, -0.15) is 4.98 Å². The Hall–Kier alpha value is -6.02. The van der Waals surface area contributed by atoms with Crippen molar-refractivity contribution in [1.29, 1.82) is 0 Å². The number of likely N-dealkylation sites (tertiary alicyclic amines) is 2. The molecule has 2 aromatic heterocycles. The van der Waals surface area contributed by atoms with Gasteiger partial charge in [-0.15, -0.1) is 0 Å². The molecule has 4 N–H and O–H groups in total. The van der Waals surface area contributed by atoms with Crippen LogP contribution in [0.4, 0.5) is 21.5 Å². The summed E-state index contributed by atoms with van der Waals surface area (Å²) in [7, 11) is -4.77. The van der Waals surface area contributed by atoms with Crippen molar-refractivity contribution in [3.63, 3.8) is 0 Å². The van der Waals surface area contributed by atoms with E-state index in [0.717, 1.165) is 76.6 Å². The fourth-order valence-electron chi connectivity index (χ4n) is 12.5. The van der Waals surface area contributed by atoms with Crippen molar-refractivity contribution in [3.8, 4) is 23.1 Å². The predicted octanol–water partition coefficient (Wildman–Crippen LogP) is 9.43. The van der Waals surface area contributed by atoms with E-state index >= 15 is 4.39 Å². The molecule has 1 spiro atoms. The number of amides is 1. The molecule has 3 aromatic carbocycles. The molecule has 3 saturated heterocycles. The molecule has 6 aliphatic rings. The Morgan fingerprint density at radius 3 is 2.50 bits per heavy atom. The van der Waals surface area contributed by atoms with Crippen LogP contribution in [0, 0.1) is 27.3 Å². The molecule has 74 heavy (non-hydrogen) atoms. The lowest BCUT2D eigenvalue weighted by Crippen LogP contribution is -2.54. The van der Waals surface area contributed by atoms with Gasteiger partial charge in [0, 0.05) is 67.9 Å². The van der Waals surface area contributed by atoms with E-state index in [4.69, 9.17) is 14.2 Å². The lowest BCUT2D eigenvalue weighted by molar-refractivity contribution is -0.384. The Morgan fingerprint density at radius 2 is 1.77 bits per heavy atom. The normalized spacial score (nSPS) is 24.2. The fraction of sp³-hybridized carbons (Fsp3) is 0.527. The van der Waals surface area contributed by atoms with Crippen molar-refractivity contribution >= 4 is 44.0 Å². The first-order chi connectivity index (χ1) is 35.5. The Balaban J connectivity index is 0.846. The number of piperidine rings is 1. The highest BCUT2D eigenvalue weighted by molar-refractivity contribution is 7.90. The largest absolute Gasteiger partial charge is 0.489 e. The van der Waals surface area contributed by atoms with Gasteiger partial charge in [0.1, 0.15) is 30.4 Å². The fourth-order valence-corrected chi connectivity index (χ4v) is 13.5. The summed E-state index contributed by atoms with van der Waals surface area (Å²) in [6.07, 6.45) is 11.5. The van der Waals surface area contributed by atoms with E-state index in [-0.39, 0.29) is 76.0 Å². The number of benzene rings is 3. The van der Waals surface area contributed by atoms with Gasteiger partial charge in [-0.3, -0.25) is 24.7 Å². The minimum Gasteiger partial charge on any atom is -0.489 e. The average Bonchev–Trinajstić information content (AvgIpc) is 4.00. The topological polar surface area (TPSA) is 205 Å². The molecule has 6 heterocycles. The van der Waals surface area contributed by atoms with Gasteiger partial charge in [0.25, 0.3) is 27.5 Å². The van der Waals surface area contributed by atoms with Gasteiger partial charge in [-0.25, -0.2) is 17.5 Å². The number of anilines is 2. The molecule has 11 rings (SSSR count). The number of pyridine rings is 1. The van der Waals surface area contributed by atoms with E-state index in [1.54, 1.807) is 19.1 Å². The van der Waals surface area contributed by atoms with E-state index < -0.39 is 42.9 Å². The van der Waals surface area contributed by atoms with Crippen LogP contribution in [-0.4, -0.2) is 114 Å². The summed E-state index contributed by atoms with van der Waals surface area (Å²) in [5.41, 5.74) is 2.74. The van der Waals surface area contributed by atoms with Gasteiger partial charge in [0.15, 0.2) is 17.2 Å². The van der Waals surface area contributed by atoms with E-state index in [9.17, 15) is 28.4 Å². The minimum absolute atomic E-state index is 0.0230. The molecule has 0 unspecified atom stereocenters. The molecule has 2 aliphatic carbocycles. The number of nitro groups is 1. The number of hydrogen-bond acceptors (Lipinski definition) is 14. The van der Waals surface area contributed by atoms with Gasteiger partial charge in [0.2, 0.25) is 0 Å². The van der Waals surface area contributed by atoms with Crippen LogP contribution in [-0.2, 0) is 10.0 Å². The number of carbonyl (C=O) groups excluding carboxylic acids is 1. The molecular weight excluding hydrogens is 968 g/mol. The molecule has 2 atom stereocenters. The zero-order valence-corrected chi connectivity index (χ0v) is 43.2. The van der Waals surface area contributed by atoms with E-state index in [2.05, 4.69) is 72.8 Å². The maximum atomic E-state index is 15.2. The summed E-state index contributed by atoms with van der Waals surface area (Å²) in [5, 5.41) is 26.4. The highest BCUT2D eigenvalue weighted by Gasteiger charge is 2.50. The zero-order chi connectivity index (χ0) is 51.5. The molecule has 4 aliphatic heterocycles. The highest BCUT2D eigenvalue weighted by Crippen LogP contribution is 2.55. The number of rotatable bonds is 15. The summed E-state index contributed by atoms with van der Waals surface area (Å²) < 4.78 is 64.4. The molecule has 17 nitrogen and oxygen atoms in total. The van der Waals surface area contributed by atoms with Crippen LogP contribution in [0.1, 0.15) is 125 Å². The number of H-pyrrole nitrogens is 1. The van der Waals surface area contributed by atoms with E-state index in [1.165, 1.54) is 48.4 Å². The van der Waals surface area contributed by atoms with Crippen LogP contribution < -0.4 is 29.1 Å². The van der Waals surface area contributed by atoms with Gasteiger partial charge in [-0.1, -0.05) is 38.1 Å². The predicted molar refractivity (Wildman–Crippen MR) is 278 cm³/mol. The molecule has 2 saturated carbocycles. The molecular formula is C55H67FN8O9S. The van der Waals surface area contributed by atoms with Crippen LogP contribution >= 0.6 is 0 Å². The van der Waals surface area contributed by atoms with Crippen LogP contribution in [0.2, 0.25) is 0 Å². The summed E-state index contributed by atoms with van der Waals surface area (Å²) >= 11 is 0. The Kier molecular flexibility index (Phi) is 13.5. The number of sulfonamides is 1. The monoisotopic (exact) mass is 1030 g/mol. The number of fused-ring (bicyclic) bond motifs is 2. The van der Waals surface area contributed by atoms with Crippen molar-refractivity contribution in [1.82, 2.24) is 24.5 Å². The first kappa shape index (κ1) is 50.2. The number of aliphatic hydroxyl groups is 1. The SMILES string of the molecule is CC(C)c1ccccc1[C@H]1CCCN1C1CC2(CCN(c3ccc(C(=O)NS(=O)(=O)c4cc5c(c([N+](=O)[O-])c4)N[C@@H](C4CCC(C)(O)CC4)CO5)c(Oc4cc5c(F)c[nH]c5nc4OCCN4CCC4)c3)CC2)C1. The standard InChI is InChI=1S/C55H67FN8O9S/c1-34(2)39-8-4-5-9-40(39)45-10-6-21-63(45)37-30-55(31-37)17-22-62(23-18-55)36-11-12-41(47(26-36)73-49-29-42-43(56)32-57-51(42)59-53(49)71-25-24-61-19-7-20-61)52(65)60-74(69,70)38-27-46(64(67)68)50-48(28-38)72-33-44(58-50)35-13-15-54(3,66)16-14-35/h4-5,8-9,11-12,26-29,32,34-35,37,44-45,58,66H,6-7,10,13-25,30-31,33H2,1-3H3,(H,57,59)(H,60,65)/t35?,44-,45-,54?/m1/s1. The minimum atomic E-state index is -4.77. The smallest absolute Gasteiger partial charge is 0.297 e. The van der Waals surface area contributed by atoms with Crippen molar-refractivity contribution in [2.75, 3.05) is 62.7 Å². The van der Waals surface area contributed by atoms with Crippen molar-refractivity contribution in [3.05, 3.63) is 99.5 Å². The summed E-state index contributed by atoms with van der Waals surface area (Å²) in [4.78, 5) is 40.4. The number of hydrogen-bond donors (Lipinski definition) is 4. The third-order valence-electron chi connectivity index (χ3n) is 17.1. The quantitative estimate of drug-likeness (QED) is 0.0570. The number of nitrogens with one attached hydrogen (secondary N) is 3. The van der Waals surface area contributed by atoms with Crippen LogP contribution in [0.5, 0.6) is 23.1 Å². The Bertz CT molecular complexity index is 3050. The third-order valence-corrected chi connectivity index (χ3v) is 18.4. The average molecular weight is 1040 g/mol. The second-order valence-electron chi connectivity index (χ2n) is 22.3. The maximum absolute atomic E-state index is 15.2. The first-order valence-corrected chi connectivity index (χ1v) is 28.0. The Labute approximate surface area is 431 Å². The van der Waals surface area contributed by atoms with Crippen molar-refractivity contribution in [2.45, 2.75) is 126 Å². The van der Waals surface area contributed by atoms with Crippen LogP contribution in [0.15, 0.2) is 71.8 Å². The molecule has 0 bridgehead atoms. The Morgan fingerprint density at radius 1 is 1.00 bits per heavy atom. The van der Waals surface area contributed by atoms with E-state index in [1.807, 2.05) is 0 Å². The van der Waals surface area contributed by atoms with Crippen LogP contribution in [0.25, 0.3) is 11.0 Å². The number of nitrogens with zero attached hydrogens (tertiary/aromatic N) is 5. The number of ether oxygens (including phenoxy) is 3. The number of carbonyl (C=O) groups is 1. The van der Waals surface area contributed by atoms with Gasteiger partial charge >= 0.3 is 0 Å². The summed E-state index contributed by atoms with van der Waals surface area (Å²) in [6.45, 7) is 11.9. The lowest BCUT2D eigenvalue weighted by atomic mass is 9.59. The number of aromatic nitrogens is 2. The van der Waals surface area contributed by atoms with Gasteiger partial charge in [0.05, 0.1) is 32.4 Å². The molecule has 394 valence electrons. The van der Waals surface area contributed by atoms with E-state index in [0.29, 0.717) is 50.2 Å². The molecule has 5 fully saturated rings. The van der Waals surface area contributed by atoms with Gasteiger partial charge in [-0.05, 0) is 138 Å². The number of aromatic amines is 1. The number of halogens is 1. The third kappa shape index (κ3) is 9.99. The lowest BCUT2D eigenvalue weighted by Gasteiger charge is -2.56. The molecule has 5 aromatic rings. The molecule has 19 heteroatoms. The van der Waals surface area contributed by atoms with Crippen molar-refractivity contribution < 1.29 is 41.8 Å². The van der Waals surface area contributed by atoms with Gasteiger partial charge < -0.3 is 34.5 Å². The zero-order valence-electron chi connectivity index (χ0n) is 42.4. The first-order valence-electron chi connectivity index (χ1n) is 26.5. The second-order valence-corrected chi connectivity index (χ2v) is 24.0. The molecule has 1 amide bonds.